The van der Waals surface area contributed by atoms with Gasteiger partial charge in [0.15, 0.2) is 18.9 Å². The van der Waals surface area contributed by atoms with E-state index in [9.17, 15) is 73.9 Å². The van der Waals surface area contributed by atoms with Gasteiger partial charge in [0.2, 0.25) is 11.8 Å². The molecule has 24 atom stereocenters. The van der Waals surface area contributed by atoms with Crippen LogP contribution in [0.2, 0.25) is 0 Å². The molecule has 11 N–H and O–H groups in total. The summed E-state index contributed by atoms with van der Waals surface area (Å²) < 4.78 is 75.9. The van der Waals surface area contributed by atoms with Gasteiger partial charge >= 0.3 is 0 Å². The number of rotatable bonds is 25. The lowest BCUT2D eigenvalue weighted by Crippen LogP contribution is -2.67. The molecule has 7 fully saturated rings. The van der Waals surface area contributed by atoms with Crippen LogP contribution in [0.5, 0.6) is 0 Å². The predicted octanol–water partition coefficient (Wildman–Crippen LogP) is 0.898. The van der Waals surface area contributed by atoms with Gasteiger partial charge in [0.1, 0.15) is 108 Å². The molecule has 3 aliphatic carbocycles. The van der Waals surface area contributed by atoms with Gasteiger partial charge in [-0.15, -0.1) is 10.2 Å². The van der Waals surface area contributed by atoms with Crippen molar-refractivity contribution in [3.63, 3.8) is 0 Å². The number of nitrogens with one attached hydrogen (secondary N) is 2. The molecule has 0 bridgehead atoms. The van der Waals surface area contributed by atoms with Crippen LogP contribution >= 0.6 is 0 Å². The Labute approximate surface area is 565 Å². The van der Waals surface area contributed by atoms with E-state index in [0.29, 0.717) is 37.1 Å². The van der Waals surface area contributed by atoms with Crippen LogP contribution in [0.3, 0.4) is 0 Å². The molecule has 2 aromatic carbocycles. The van der Waals surface area contributed by atoms with Gasteiger partial charge in [-0.05, 0) is 88.0 Å². The quantitative estimate of drug-likeness (QED) is 0.0411. The fourth-order valence-corrected chi connectivity index (χ4v) is 15.1. The predicted molar refractivity (Wildman–Crippen MR) is 337 cm³/mol. The summed E-state index contributed by atoms with van der Waals surface area (Å²) in [5.41, 5.74) is 1.17. The van der Waals surface area contributed by atoms with Crippen LogP contribution < -0.4 is 10.6 Å². The Morgan fingerprint density at radius 3 is 1.93 bits per heavy atom. The molecule has 4 saturated heterocycles. The van der Waals surface area contributed by atoms with E-state index in [1.165, 1.54) is 67.3 Å². The molecule has 4 aliphatic heterocycles. The average Bonchev–Trinajstić information content (AvgIpc) is 1.13. The largest absolute Gasteiger partial charge is 0.394 e. The zero-order valence-corrected chi connectivity index (χ0v) is 55.0. The summed E-state index contributed by atoms with van der Waals surface area (Å²) in [5.74, 6) is -4.69. The van der Waals surface area contributed by atoms with Crippen molar-refractivity contribution in [3.8, 4) is 22.5 Å². The van der Waals surface area contributed by atoms with Crippen LogP contribution in [0.4, 0.5) is 8.78 Å². The summed E-state index contributed by atoms with van der Waals surface area (Å²) in [5, 5.41) is 124. The highest BCUT2D eigenvalue weighted by Gasteiger charge is 2.55. The SMILES string of the molecule is CCC1CC(C(=O)CCCNC(=O)[C@H]2CC(n3cc(-c4cccc(F)c4)nn3)C(O)[C@H](O[C@@H]3OC(CO)[C@H](O)C(n4cc(-c5cccc(F)c5)nn4)[C@H]3O)C2)C[C@@H](O[C@@H]2O[C@@H](CO)[C@H](O)C(O[C@@H](CC3CCCCC3)C(=O)N3CCC3)C2NC(C)=O)[C@@H]1O[C@@H]1OC(C)[C@@H](O)[C@H](O)C1O. The first kappa shape index (κ1) is 73.2. The molecule has 98 heavy (non-hydrogen) atoms. The molecular formula is C67H93F2N9O20. The zero-order chi connectivity index (χ0) is 69.6. The van der Waals surface area contributed by atoms with Crippen molar-refractivity contribution in [2.45, 2.75) is 239 Å². The van der Waals surface area contributed by atoms with Gasteiger partial charge in [-0.25, -0.2) is 18.1 Å². The number of benzene rings is 2. The molecule has 29 nitrogen and oxygen atoms in total. The van der Waals surface area contributed by atoms with Crippen LogP contribution in [0.15, 0.2) is 60.9 Å². The maximum atomic E-state index is 14.7. The molecule has 0 radical (unpaired) electrons. The number of ketones is 1. The lowest BCUT2D eigenvalue weighted by molar-refractivity contribution is -0.338. The molecule has 4 aromatic rings. The molecule has 11 rings (SSSR count). The van der Waals surface area contributed by atoms with Gasteiger partial charge in [-0.1, -0.05) is 80.1 Å². The van der Waals surface area contributed by atoms with Crippen molar-refractivity contribution >= 4 is 23.5 Å². The second-order valence-electron chi connectivity index (χ2n) is 27.4. The number of hydrogen-bond donors (Lipinski definition) is 11. The molecule has 31 heteroatoms. The highest BCUT2D eigenvalue weighted by molar-refractivity contribution is 5.82. The molecule has 540 valence electrons. The maximum Gasteiger partial charge on any atom is 0.251 e. The summed E-state index contributed by atoms with van der Waals surface area (Å²) in [6.07, 6.45) is -16.3. The van der Waals surface area contributed by atoms with E-state index in [4.69, 9.17) is 33.2 Å². The van der Waals surface area contributed by atoms with Gasteiger partial charge in [0.25, 0.3) is 5.91 Å². The smallest absolute Gasteiger partial charge is 0.251 e. The molecule has 6 heterocycles. The zero-order valence-electron chi connectivity index (χ0n) is 55.0. The van der Waals surface area contributed by atoms with Gasteiger partial charge in [-0.2, -0.15) is 0 Å². The van der Waals surface area contributed by atoms with E-state index in [1.54, 1.807) is 17.0 Å². The number of aliphatic hydroxyl groups is 9. The first-order valence-electron chi connectivity index (χ1n) is 34.4. The fourth-order valence-electron chi connectivity index (χ4n) is 15.1. The maximum absolute atomic E-state index is 14.7. The normalized spacial score (nSPS) is 35.9. The van der Waals surface area contributed by atoms with Crippen molar-refractivity contribution in [2.75, 3.05) is 32.8 Å². The highest BCUT2D eigenvalue weighted by atomic mass is 19.1. The third kappa shape index (κ3) is 16.6. The van der Waals surface area contributed by atoms with E-state index >= 15 is 0 Å². The number of ether oxygens (including phenoxy) is 7. The molecule has 10 unspecified atom stereocenters. The highest BCUT2D eigenvalue weighted by Crippen LogP contribution is 2.43. The first-order chi connectivity index (χ1) is 47.1. The average molecular weight is 1380 g/mol. The minimum absolute atomic E-state index is 0.0218. The van der Waals surface area contributed by atoms with Crippen molar-refractivity contribution in [1.29, 1.82) is 0 Å². The first-order valence-corrected chi connectivity index (χ1v) is 34.4. The Morgan fingerprint density at radius 1 is 0.673 bits per heavy atom. The minimum atomic E-state index is -1.75. The lowest BCUT2D eigenvalue weighted by atomic mass is 9.74. The number of carbonyl (C=O) groups is 4. The van der Waals surface area contributed by atoms with Crippen molar-refractivity contribution in [2.24, 2.45) is 23.7 Å². The second kappa shape index (κ2) is 32.8. The van der Waals surface area contributed by atoms with Crippen molar-refractivity contribution < 1.29 is 107 Å². The van der Waals surface area contributed by atoms with Crippen LogP contribution in [-0.2, 0) is 52.3 Å². The molecule has 0 spiro atoms. The third-order valence-electron chi connectivity index (χ3n) is 20.7. The van der Waals surface area contributed by atoms with Crippen LogP contribution in [0, 0.1) is 35.3 Å². The van der Waals surface area contributed by atoms with E-state index in [0.717, 1.165) is 43.2 Å². The molecule has 2 aromatic heterocycles. The number of Topliss-reactive ketones (excluding diaryl/α,β-unsaturated/α-hetero) is 1. The van der Waals surface area contributed by atoms with Gasteiger partial charge in [-0.3, -0.25) is 19.2 Å². The second-order valence-corrected chi connectivity index (χ2v) is 27.4. The summed E-state index contributed by atoms with van der Waals surface area (Å²) in [6, 6.07) is 7.45. The topological polar surface area (TPSA) is 404 Å². The standard InChI is InChI=1S/C67H93F2N9O20/c1-4-36-23-39(27-48(61(36)98-67-60(89)59(88)54(83)33(2)92-67)95-65-52(71-34(3)81)62(57(86)51(32-80)96-65)93-49(64(91)76-20-11-21-76)22-35-12-6-5-7-13-35)46(82)18-10-19-70-63(90)40-26-45(77-29-43(72-74-77)37-14-8-16-41(68)24-37)55(84)47(28-40)94-66-58(87)53(56(85)50(31-79)97-66)78-30-44(73-75-78)38-15-9-17-42(69)25-38/h8-9,14-17,24-25,29-30,33,35-36,39-40,45,47-62,65-67,79-80,83-89H,4-7,10-13,18-23,26-28,31-32H2,1-3H3,(H,70,90)(H,71,81)/t33?,36?,39?,40-,45?,47+,48+,49-,50?,51-,52?,53?,54+,55?,56-,57-,58+,59-,60?,61+,62?,65+,66+,67-/m0/s1. The number of amides is 3. The molecular weight excluding hydrogens is 1290 g/mol. The molecule has 7 aliphatic rings. The van der Waals surface area contributed by atoms with Gasteiger partial charge < -0.3 is 94.7 Å². The number of aromatic nitrogens is 6. The van der Waals surface area contributed by atoms with Crippen molar-refractivity contribution in [3.05, 3.63) is 72.6 Å². The van der Waals surface area contributed by atoms with Crippen LogP contribution in [0.25, 0.3) is 22.5 Å². The number of aliphatic hydroxyl groups excluding tert-OH is 9. The Kier molecular flexibility index (Phi) is 24.5. The summed E-state index contributed by atoms with van der Waals surface area (Å²) >= 11 is 0. The molecule has 3 saturated carbocycles. The Morgan fingerprint density at radius 2 is 1.30 bits per heavy atom. The Bertz CT molecular complexity index is 3310. The van der Waals surface area contributed by atoms with Gasteiger partial charge in [0, 0.05) is 55.9 Å². The number of carbonyl (C=O) groups excluding carboxylic acids is 4. The van der Waals surface area contributed by atoms with Crippen LogP contribution in [-0.4, -0.2) is 254 Å². The third-order valence-corrected chi connectivity index (χ3v) is 20.7. The number of hydrogen-bond acceptors (Lipinski definition) is 24. The lowest BCUT2D eigenvalue weighted by Gasteiger charge is -2.49. The van der Waals surface area contributed by atoms with Crippen LogP contribution in [0.1, 0.15) is 123 Å². The summed E-state index contributed by atoms with van der Waals surface area (Å²) in [7, 11) is 0. The fraction of sp³-hybridized carbons (Fsp3) is 0.701. The monoisotopic (exact) mass is 1380 g/mol. The number of likely N-dealkylation sites (tertiary alicyclic amines) is 1. The summed E-state index contributed by atoms with van der Waals surface area (Å²) in [6.45, 7) is 4.18. The van der Waals surface area contributed by atoms with E-state index in [1.807, 2.05) is 6.92 Å². The van der Waals surface area contributed by atoms with Gasteiger partial charge in [0.05, 0.1) is 56.1 Å². The van der Waals surface area contributed by atoms with Crippen molar-refractivity contribution in [1.82, 2.24) is 45.5 Å². The molecule has 3 amide bonds. The Balaban J connectivity index is 0.803. The number of halogens is 2. The minimum Gasteiger partial charge on any atom is -0.394 e. The van der Waals surface area contributed by atoms with E-state index in [-0.39, 0.29) is 74.1 Å². The summed E-state index contributed by atoms with van der Waals surface area (Å²) in [4.78, 5) is 58.3. The van der Waals surface area contributed by atoms with E-state index in [2.05, 4.69) is 31.3 Å². The van der Waals surface area contributed by atoms with E-state index < -0.39 is 183 Å². The number of nitrogens with zero attached hydrogens (tertiary/aromatic N) is 7. The Hall–Kier alpha value is -5.98.